The Kier molecular flexibility index (Phi) is 1.99. The molecular weight excluding hydrogens is 198 g/mol. The monoisotopic (exact) mass is 213 g/mol. The Hall–Kier alpha value is -1.77. The zero-order valence-corrected chi connectivity index (χ0v) is 9.59. The molecule has 0 bridgehead atoms. The van der Waals surface area contributed by atoms with Gasteiger partial charge in [0.2, 0.25) is 0 Å². The molecule has 16 heavy (non-hydrogen) atoms. The predicted molar refractivity (Wildman–Crippen MR) is 64.6 cm³/mol. The molecule has 1 aliphatic rings. The number of aromatic amines is 1. The lowest BCUT2D eigenvalue weighted by molar-refractivity contribution is 0.989. The third-order valence-corrected chi connectivity index (χ3v) is 3.37. The summed E-state index contributed by atoms with van der Waals surface area (Å²) >= 11 is 0. The van der Waals surface area contributed by atoms with E-state index in [0.29, 0.717) is 0 Å². The minimum atomic E-state index is 0.864. The second kappa shape index (κ2) is 3.37. The highest BCUT2D eigenvalue weighted by Crippen LogP contribution is 2.30. The van der Waals surface area contributed by atoms with Gasteiger partial charge in [0.1, 0.15) is 0 Å². The number of hydrogen-bond donors (Lipinski definition) is 2. The van der Waals surface area contributed by atoms with Gasteiger partial charge in [-0.2, -0.15) is 5.10 Å². The number of nitrogens with zero attached hydrogens (tertiary/aromatic N) is 1. The van der Waals surface area contributed by atoms with Crippen molar-refractivity contribution in [3.8, 4) is 0 Å². The normalized spacial score (nSPS) is 13.6. The fourth-order valence-electron chi connectivity index (χ4n) is 2.35. The maximum atomic E-state index is 4.11. The van der Waals surface area contributed by atoms with Crippen LogP contribution in [0.1, 0.15) is 27.9 Å². The summed E-state index contributed by atoms with van der Waals surface area (Å²) < 4.78 is 0. The van der Waals surface area contributed by atoms with E-state index in [1.165, 1.54) is 33.6 Å². The Morgan fingerprint density at radius 2 is 2.00 bits per heavy atom. The van der Waals surface area contributed by atoms with Crippen molar-refractivity contribution in [2.24, 2.45) is 0 Å². The zero-order chi connectivity index (χ0) is 11.1. The van der Waals surface area contributed by atoms with E-state index in [2.05, 4.69) is 41.5 Å². The lowest BCUT2D eigenvalue weighted by atomic mass is 9.99. The summed E-state index contributed by atoms with van der Waals surface area (Å²) in [5, 5.41) is 10.7. The Morgan fingerprint density at radius 1 is 1.19 bits per heavy atom. The molecule has 0 fully saturated rings. The van der Waals surface area contributed by atoms with E-state index in [1.807, 2.05) is 6.20 Å². The SMILES string of the molecule is Cc1ccc(C)c2c1Cc1[nH]ncc1CN2. The molecule has 2 aromatic rings. The van der Waals surface area contributed by atoms with E-state index in [9.17, 15) is 0 Å². The number of hydrogen-bond acceptors (Lipinski definition) is 2. The van der Waals surface area contributed by atoms with Gasteiger partial charge >= 0.3 is 0 Å². The smallest absolute Gasteiger partial charge is 0.0540 e. The van der Waals surface area contributed by atoms with Gasteiger partial charge < -0.3 is 5.32 Å². The van der Waals surface area contributed by atoms with E-state index in [4.69, 9.17) is 0 Å². The lowest BCUT2D eigenvalue weighted by Crippen LogP contribution is -2.01. The molecule has 1 aromatic carbocycles. The van der Waals surface area contributed by atoms with Gasteiger partial charge in [-0.25, -0.2) is 0 Å². The summed E-state index contributed by atoms with van der Waals surface area (Å²) in [6, 6.07) is 4.37. The first-order valence-corrected chi connectivity index (χ1v) is 5.60. The van der Waals surface area contributed by atoms with Crippen LogP contribution in [-0.2, 0) is 13.0 Å². The number of nitrogens with one attached hydrogen (secondary N) is 2. The predicted octanol–water partition coefficient (Wildman–Crippen LogP) is 2.54. The van der Waals surface area contributed by atoms with Crippen LogP contribution in [0.15, 0.2) is 18.3 Å². The zero-order valence-electron chi connectivity index (χ0n) is 9.59. The number of aromatic nitrogens is 2. The van der Waals surface area contributed by atoms with Crippen molar-refractivity contribution in [2.45, 2.75) is 26.8 Å². The quantitative estimate of drug-likeness (QED) is 0.706. The molecule has 0 spiro atoms. The maximum absolute atomic E-state index is 4.11. The summed E-state index contributed by atoms with van der Waals surface area (Å²) in [4.78, 5) is 0. The molecule has 3 rings (SSSR count). The third kappa shape index (κ3) is 1.32. The van der Waals surface area contributed by atoms with Gasteiger partial charge in [0.25, 0.3) is 0 Å². The van der Waals surface area contributed by atoms with Crippen LogP contribution in [0.2, 0.25) is 0 Å². The van der Waals surface area contributed by atoms with Crippen molar-refractivity contribution in [1.29, 1.82) is 0 Å². The topological polar surface area (TPSA) is 40.7 Å². The van der Waals surface area contributed by atoms with E-state index in [-0.39, 0.29) is 0 Å². The first-order valence-electron chi connectivity index (χ1n) is 5.60. The molecule has 0 amide bonds. The molecule has 0 unspecified atom stereocenters. The number of aryl methyl sites for hydroxylation is 2. The summed E-state index contributed by atoms with van der Waals surface area (Å²) in [5.74, 6) is 0. The van der Waals surface area contributed by atoms with Crippen molar-refractivity contribution in [3.63, 3.8) is 0 Å². The van der Waals surface area contributed by atoms with Crippen molar-refractivity contribution in [2.75, 3.05) is 5.32 Å². The van der Waals surface area contributed by atoms with Gasteiger partial charge in [0.15, 0.2) is 0 Å². The molecular formula is C13H15N3. The molecule has 0 radical (unpaired) electrons. The number of fused-ring (bicyclic) bond motifs is 2. The van der Waals surface area contributed by atoms with Gasteiger partial charge in [0.05, 0.1) is 6.20 Å². The molecule has 3 heteroatoms. The molecule has 82 valence electrons. The maximum Gasteiger partial charge on any atom is 0.0540 e. The van der Waals surface area contributed by atoms with Crippen LogP contribution in [-0.4, -0.2) is 10.2 Å². The van der Waals surface area contributed by atoms with E-state index < -0.39 is 0 Å². The number of rotatable bonds is 0. The van der Waals surface area contributed by atoms with Crippen molar-refractivity contribution in [3.05, 3.63) is 46.3 Å². The standard InChI is InChI=1S/C13H15N3/c1-8-3-4-9(2)13-11(8)5-12-10(6-14-13)7-15-16-12/h3-4,7,14H,5-6H2,1-2H3,(H,15,16). The largest absolute Gasteiger partial charge is 0.380 e. The van der Waals surface area contributed by atoms with Gasteiger partial charge in [-0.05, 0) is 30.5 Å². The first kappa shape index (κ1) is 9.46. The number of anilines is 1. The van der Waals surface area contributed by atoms with Crippen LogP contribution in [0.5, 0.6) is 0 Å². The van der Waals surface area contributed by atoms with Crippen LogP contribution in [0, 0.1) is 13.8 Å². The highest BCUT2D eigenvalue weighted by atomic mass is 15.1. The third-order valence-electron chi connectivity index (χ3n) is 3.37. The second-order valence-electron chi connectivity index (χ2n) is 4.46. The minimum Gasteiger partial charge on any atom is -0.380 e. The van der Waals surface area contributed by atoms with Crippen molar-refractivity contribution in [1.82, 2.24) is 10.2 Å². The molecule has 1 aromatic heterocycles. The number of H-pyrrole nitrogens is 1. The van der Waals surface area contributed by atoms with Crippen molar-refractivity contribution < 1.29 is 0 Å². The lowest BCUT2D eigenvalue weighted by Gasteiger charge is -2.13. The van der Waals surface area contributed by atoms with E-state index in [1.54, 1.807) is 0 Å². The Morgan fingerprint density at radius 3 is 2.88 bits per heavy atom. The Labute approximate surface area is 94.9 Å². The van der Waals surface area contributed by atoms with E-state index in [0.717, 1.165) is 13.0 Å². The highest BCUT2D eigenvalue weighted by molar-refractivity contribution is 5.62. The van der Waals surface area contributed by atoms with Gasteiger partial charge in [0, 0.05) is 29.9 Å². The summed E-state index contributed by atoms with van der Waals surface area (Å²) in [6.07, 6.45) is 2.87. The Bertz CT molecular complexity index is 540. The summed E-state index contributed by atoms with van der Waals surface area (Å²) in [7, 11) is 0. The average Bonchev–Trinajstić information content (AvgIpc) is 2.63. The molecule has 2 heterocycles. The molecule has 2 N–H and O–H groups in total. The van der Waals surface area contributed by atoms with Crippen LogP contribution in [0.25, 0.3) is 0 Å². The molecule has 1 aliphatic heterocycles. The molecule has 0 saturated heterocycles. The van der Waals surface area contributed by atoms with Gasteiger partial charge in [-0.1, -0.05) is 12.1 Å². The van der Waals surface area contributed by atoms with Crippen molar-refractivity contribution >= 4 is 5.69 Å². The molecule has 3 nitrogen and oxygen atoms in total. The molecule has 0 saturated carbocycles. The highest BCUT2D eigenvalue weighted by Gasteiger charge is 2.16. The summed E-state index contributed by atoms with van der Waals surface area (Å²) in [5.41, 5.74) is 7.86. The fourth-order valence-corrected chi connectivity index (χ4v) is 2.35. The molecule has 0 aliphatic carbocycles. The van der Waals surface area contributed by atoms with Gasteiger partial charge in [-0.3, -0.25) is 5.10 Å². The average molecular weight is 213 g/mol. The van der Waals surface area contributed by atoms with Crippen LogP contribution in [0.4, 0.5) is 5.69 Å². The fraction of sp³-hybridized carbons (Fsp3) is 0.308. The number of benzene rings is 1. The second-order valence-corrected chi connectivity index (χ2v) is 4.46. The van der Waals surface area contributed by atoms with Crippen LogP contribution < -0.4 is 5.32 Å². The van der Waals surface area contributed by atoms with Crippen LogP contribution in [0.3, 0.4) is 0 Å². The summed E-state index contributed by atoms with van der Waals surface area (Å²) in [6.45, 7) is 5.19. The first-order chi connectivity index (χ1) is 7.75. The van der Waals surface area contributed by atoms with E-state index >= 15 is 0 Å². The molecule has 0 atom stereocenters. The Balaban J connectivity index is 2.17. The minimum absolute atomic E-state index is 0.864. The van der Waals surface area contributed by atoms with Gasteiger partial charge in [-0.15, -0.1) is 0 Å². The van der Waals surface area contributed by atoms with Crippen LogP contribution >= 0.6 is 0 Å².